The third kappa shape index (κ3) is 1.69. The Hall–Kier alpha value is -1.09. The van der Waals surface area contributed by atoms with Crippen molar-refractivity contribution in [2.45, 2.75) is 32.1 Å². The second-order valence-corrected chi connectivity index (χ2v) is 5.11. The van der Waals surface area contributed by atoms with Crippen LogP contribution in [-0.2, 0) is 11.3 Å². The van der Waals surface area contributed by atoms with E-state index in [0.717, 1.165) is 11.4 Å². The smallest absolute Gasteiger partial charge is 0.173 e. The van der Waals surface area contributed by atoms with Crippen LogP contribution < -0.4 is 0 Å². The van der Waals surface area contributed by atoms with Crippen LogP contribution in [0.4, 0.5) is 4.39 Å². The Morgan fingerprint density at radius 1 is 1.44 bits per heavy atom. The quantitative estimate of drug-likeness (QED) is 0.698. The summed E-state index contributed by atoms with van der Waals surface area (Å²) in [6.07, 6.45) is 1.79. The molecule has 2 aromatic heterocycles. The second kappa shape index (κ2) is 3.74. The molecule has 16 heavy (non-hydrogen) atoms. The van der Waals surface area contributed by atoms with Crippen LogP contribution in [0, 0.1) is 5.82 Å². The van der Waals surface area contributed by atoms with Gasteiger partial charge >= 0.3 is 0 Å². The molecule has 0 bridgehead atoms. The minimum atomic E-state index is -0.315. The minimum absolute atomic E-state index is 0.136. The summed E-state index contributed by atoms with van der Waals surface area (Å²) < 4.78 is 15.3. The number of pyridine rings is 1. The number of imidazole rings is 1. The molecule has 4 heteroatoms. The normalized spacial score (nSPS) is 12.3. The predicted octanol–water partition coefficient (Wildman–Crippen LogP) is 3.51. The lowest BCUT2D eigenvalue weighted by atomic mass is 9.91. The molecule has 0 saturated carbocycles. The first-order valence-corrected chi connectivity index (χ1v) is 5.70. The van der Waals surface area contributed by atoms with Gasteiger partial charge in [-0.2, -0.15) is 0 Å². The van der Waals surface area contributed by atoms with Gasteiger partial charge in [0.2, 0.25) is 0 Å². The molecule has 0 aromatic carbocycles. The van der Waals surface area contributed by atoms with Gasteiger partial charge in [-0.1, -0.05) is 20.8 Å². The summed E-state index contributed by atoms with van der Waals surface area (Å²) in [7, 11) is 0. The summed E-state index contributed by atoms with van der Waals surface area (Å²) in [5.41, 5.74) is 1.93. The Kier molecular flexibility index (Phi) is 2.66. The third-order valence-electron chi connectivity index (χ3n) is 2.54. The second-order valence-electron chi connectivity index (χ2n) is 4.84. The summed E-state index contributed by atoms with van der Waals surface area (Å²) in [6, 6.07) is 3.07. The number of nitrogens with zero attached hydrogens (tertiary/aromatic N) is 2. The number of aromatic nitrogens is 2. The highest BCUT2D eigenvalue weighted by Gasteiger charge is 2.24. The average Bonchev–Trinajstić information content (AvgIpc) is 2.57. The minimum Gasteiger partial charge on any atom is -0.300 e. The van der Waals surface area contributed by atoms with Crippen molar-refractivity contribution in [2.24, 2.45) is 0 Å². The SMILES string of the molecule is CC(C)(C)c1nc2c(F)cccn2c1CCl. The Morgan fingerprint density at radius 3 is 2.69 bits per heavy atom. The van der Waals surface area contributed by atoms with E-state index in [-0.39, 0.29) is 11.2 Å². The van der Waals surface area contributed by atoms with Gasteiger partial charge in [0.25, 0.3) is 0 Å². The van der Waals surface area contributed by atoms with Gasteiger partial charge in [0, 0.05) is 11.6 Å². The monoisotopic (exact) mass is 240 g/mol. The predicted molar refractivity (Wildman–Crippen MR) is 63.4 cm³/mol. The van der Waals surface area contributed by atoms with Crippen LogP contribution in [-0.4, -0.2) is 9.38 Å². The van der Waals surface area contributed by atoms with Gasteiger partial charge in [0.15, 0.2) is 11.5 Å². The van der Waals surface area contributed by atoms with Gasteiger partial charge in [-0.25, -0.2) is 9.37 Å². The van der Waals surface area contributed by atoms with Crippen LogP contribution in [0.1, 0.15) is 32.2 Å². The highest BCUT2D eigenvalue weighted by molar-refractivity contribution is 6.17. The van der Waals surface area contributed by atoms with Gasteiger partial charge in [0.1, 0.15) is 0 Å². The van der Waals surface area contributed by atoms with E-state index in [2.05, 4.69) is 4.98 Å². The molecule has 0 aliphatic carbocycles. The number of rotatable bonds is 1. The van der Waals surface area contributed by atoms with E-state index in [1.807, 2.05) is 20.8 Å². The van der Waals surface area contributed by atoms with Crippen molar-refractivity contribution in [1.29, 1.82) is 0 Å². The molecule has 86 valence electrons. The fourth-order valence-corrected chi connectivity index (χ4v) is 2.07. The number of fused-ring (bicyclic) bond motifs is 1. The molecule has 0 amide bonds. The van der Waals surface area contributed by atoms with Crippen molar-refractivity contribution in [3.63, 3.8) is 0 Å². The van der Waals surface area contributed by atoms with E-state index >= 15 is 0 Å². The van der Waals surface area contributed by atoms with E-state index in [1.165, 1.54) is 6.07 Å². The summed E-state index contributed by atoms with van der Waals surface area (Å²) in [5.74, 6) is 0.0152. The van der Waals surface area contributed by atoms with Crippen LogP contribution in [0.2, 0.25) is 0 Å². The van der Waals surface area contributed by atoms with Gasteiger partial charge in [-0.3, -0.25) is 0 Å². The lowest BCUT2D eigenvalue weighted by Crippen LogP contribution is -2.14. The molecule has 2 heterocycles. The number of halogens is 2. The van der Waals surface area contributed by atoms with Gasteiger partial charge in [0.05, 0.1) is 17.3 Å². The molecule has 0 N–H and O–H groups in total. The van der Waals surface area contributed by atoms with Crippen LogP contribution in [0.5, 0.6) is 0 Å². The molecule has 0 radical (unpaired) electrons. The maximum absolute atomic E-state index is 13.6. The van der Waals surface area contributed by atoms with Crippen LogP contribution in [0.25, 0.3) is 5.65 Å². The summed E-state index contributed by atoms with van der Waals surface area (Å²) in [5, 5.41) is 0. The van der Waals surface area contributed by atoms with E-state index < -0.39 is 0 Å². The first-order chi connectivity index (χ1) is 7.45. The van der Waals surface area contributed by atoms with Crippen LogP contribution >= 0.6 is 11.6 Å². The van der Waals surface area contributed by atoms with E-state index in [9.17, 15) is 4.39 Å². The molecule has 0 aliphatic heterocycles. The molecular formula is C12H14ClFN2. The molecule has 2 rings (SSSR count). The van der Waals surface area contributed by atoms with Crippen LogP contribution in [0.15, 0.2) is 18.3 Å². The topological polar surface area (TPSA) is 17.3 Å². The van der Waals surface area contributed by atoms with E-state index in [1.54, 1.807) is 16.7 Å². The maximum Gasteiger partial charge on any atom is 0.173 e. The molecule has 0 aliphatic rings. The number of hydrogen-bond donors (Lipinski definition) is 0. The Labute approximate surface area is 99.1 Å². The molecule has 0 saturated heterocycles. The Bertz CT molecular complexity index is 526. The van der Waals surface area contributed by atoms with Crippen LogP contribution in [0.3, 0.4) is 0 Å². The van der Waals surface area contributed by atoms with Gasteiger partial charge in [-0.15, -0.1) is 11.6 Å². The summed E-state index contributed by atoms with van der Waals surface area (Å²) >= 11 is 5.93. The zero-order valence-corrected chi connectivity index (χ0v) is 10.3. The lowest BCUT2D eigenvalue weighted by Gasteiger charge is -2.16. The highest BCUT2D eigenvalue weighted by atomic mass is 35.5. The fraction of sp³-hybridized carbons (Fsp3) is 0.417. The first kappa shape index (κ1) is 11.4. The average molecular weight is 241 g/mol. The van der Waals surface area contributed by atoms with Gasteiger partial charge in [-0.05, 0) is 12.1 Å². The van der Waals surface area contributed by atoms with Crippen molar-refractivity contribution in [1.82, 2.24) is 9.38 Å². The maximum atomic E-state index is 13.6. The molecular weight excluding hydrogens is 227 g/mol. The zero-order chi connectivity index (χ0) is 11.9. The summed E-state index contributed by atoms with van der Waals surface area (Å²) in [6.45, 7) is 6.13. The fourth-order valence-electron chi connectivity index (χ4n) is 1.81. The van der Waals surface area contributed by atoms with Crippen molar-refractivity contribution in [3.8, 4) is 0 Å². The molecule has 2 nitrogen and oxygen atoms in total. The van der Waals surface area contributed by atoms with Crippen molar-refractivity contribution in [3.05, 3.63) is 35.5 Å². The highest BCUT2D eigenvalue weighted by Crippen LogP contribution is 2.27. The number of hydrogen-bond acceptors (Lipinski definition) is 1. The molecule has 0 spiro atoms. The first-order valence-electron chi connectivity index (χ1n) is 5.17. The Morgan fingerprint density at radius 2 is 2.12 bits per heavy atom. The third-order valence-corrected chi connectivity index (χ3v) is 2.79. The number of alkyl halides is 1. The van der Waals surface area contributed by atoms with Crippen molar-refractivity contribution >= 4 is 17.2 Å². The zero-order valence-electron chi connectivity index (χ0n) is 9.59. The summed E-state index contributed by atoms with van der Waals surface area (Å²) in [4.78, 5) is 4.36. The molecule has 2 aromatic rings. The largest absolute Gasteiger partial charge is 0.300 e. The molecule has 0 atom stereocenters. The molecule has 0 unspecified atom stereocenters. The van der Waals surface area contributed by atoms with E-state index in [0.29, 0.717) is 11.5 Å². The lowest BCUT2D eigenvalue weighted by molar-refractivity contribution is 0.566. The Balaban J connectivity index is 2.81. The van der Waals surface area contributed by atoms with Gasteiger partial charge < -0.3 is 4.40 Å². The van der Waals surface area contributed by atoms with Crippen molar-refractivity contribution < 1.29 is 4.39 Å². The van der Waals surface area contributed by atoms with Crippen molar-refractivity contribution in [2.75, 3.05) is 0 Å². The standard InChI is InChI=1S/C12H14ClFN2/c1-12(2,3)10-9(7-13)16-6-4-5-8(14)11(16)15-10/h4-6H,7H2,1-3H3. The molecule has 0 fully saturated rings. The van der Waals surface area contributed by atoms with E-state index in [4.69, 9.17) is 11.6 Å².